The number of amides is 1. The van der Waals surface area contributed by atoms with E-state index in [0.717, 1.165) is 36.5 Å². The molecule has 3 rings (SSSR count). The Labute approximate surface area is 153 Å². The topological polar surface area (TPSA) is 58.1 Å². The standard InChI is InChI=1S/C20H25FN4O/c1-3-19-23-12-16-9-11-25(13-18(16)24-19)14(2)20(26)22-10-8-15-4-6-17(21)7-5-15/h4-7,12,14H,3,8-11,13H2,1-2H3,(H,22,26). The average molecular weight is 356 g/mol. The molecule has 2 heterocycles. The quantitative estimate of drug-likeness (QED) is 0.863. The molecular formula is C20H25FN4O. The molecule has 0 radical (unpaired) electrons. The molecule has 6 heteroatoms. The number of hydrogen-bond donors (Lipinski definition) is 1. The van der Waals surface area contributed by atoms with E-state index in [0.29, 0.717) is 19.5 Å². The second-order valence-electron chi connectivity index (χ2n) is 6.68. The Bertz CT molecular complexity index is 763. The van der Waals surface area contributed by atoms with Crippen LogP contribution in [0.25, 0.3) is 0 Å². The zero-order valence-corrected chi connectivity index (χ0v) is 15.3. The second-order valence-corrected chi connectivity index (χ2v) is 6.68. The van der Waals surface area contributed by atoms with Gasteiger partial charge in [0.05, 0.1) is 11.7 Å². The van der Waals surface area contributed by atoms with Crippen LogP contribution in [-0.2, 0) is 30.6 Å². The van der Waals surface area contributed by atoms with Crippen molar-refractivity contribution in [2.75, 3.05) is 13.1 Å². The molecule has 0 aliphatic carbocycles. The number of halogens is 1. The van der Waals surface area contributed by atoms with Crippen molar-refractivity contribution in [3.8, 4) is 0 Å². The minimum Gasteiger partial charge on any atom is -0.354 e. The van der Waals surface area contributed by atoms with Gasteiger partial charge in [0.15, 0.2) is 0 Å². The van der Waals surface area contributed by atoms with Gasteiger partial charge in [0.25, 0.3) is 0 Å². The van der Waals surface area contributed by atoms with Crippen LogP contribution >= 0.6 is 0 Å². The van der Waals surface area contributed by atoms with Crippen LogP contribution < -0.4 is 5.32 Å². The largest absolute Gasteiger partial charge is 0.354 e. The summed E-state index contributed by atoms with van der Waals surface area (Å²) in [4.78, 5) is 23.6. The first-order chi connectivity index (χ1) is 12.6. The molecule has 1 aliphatic heterocycles. The number of nitrogens with one attached hydrogen (secondary N) is 1. The summed E-state index contributed by atoms with van der Waals surface area (Å²) in [6, 6.07) is 6.17. The third-order valence-electron chi connectivity index (χ3n) is 4.89. The lowest BCUT2D eigenvalue weighted by Crippen LogP contribution is -2.47. The molecule has 26 heavy (non-hydrogen) atoms. The maximum atomic E-state index is 12.9. The maximum Gasteiger partial charge on any atom is 0.237 e. The second kappa shape index (κ2) is 8.36. The van der Waals surface area contributed by atoms with E-state index in [4.69, 9.17) is 0 Å². The number of nitrogens with zero attached hydrogens (tertiary/aromatic N) is 3. The van der Waals surface area contributed by atoms with E-state index in [-0.39, 0.29) is 17.8 Å². The van der Waals surface area contributed by atoms with E-state index < -0.39 is 0 Å². The Kier molecular flexibility index (Phi) is 5.93. The fourth-order valence-corrected chi connectivity index (χ4v) is 3.16. The number of hydrogen-bond acceptors (Lipinski definition) is 4. The number of fused-ring (bicyclic) bond motifs is 1. The first kappa shape index (κ1) is 18.5. The van der Waals surface area contributed by atoms with Crippen molar-refractivity contribution in [3.05, 3.63) is 58.9 Å². The fourth-order valence-electron chi connectivity index (χ4n) is 3.16. The van der Waals surface area contributed by atoms with E-state index in [1.54, 1.807) is 12.1 Å². The zero-order chi connectivity index (χ0) is 18.5. The van der Waals surface area contributed by atoms with Gasteiger partial charge >= 0.3 is 0 Å². The molecule has 0 saturated carbocycles. The molecule has 1 aromatic carbocycles. The van der Waals surface area contributed by atoms with Crippen LogP contribution in [0.3, 0.4) is 0 Å². The van der Waals surface area contributed by atoms with Crippen LogP contribution in [0.15, 0.2) is 30.5 Å². The van der Waals surface area contributed by atoms with Gasteiger partial charge in [-0.15, -0.1) is 0 Å². The Morgan fingerprint density at radius 3 is 2.85 bits per heavy atom. The molecule has 2 aromatic rings. The maximum absolute atomic E-state index is 12.9. The molecule has 1 amide bonds. The van der Waals surface area contributed by atoms with E-state index in [2.05, 4.69) is 20.2 Å². The Balaban J connectivity index is 1.52. The lowest BCUT2D eigenvalue weighted by molar-refractivity contribution is -0.126. The summed E-state index contributed by atoms with van der Waals surface area (Å²) >= 11 is 0. The molecule has 5 nitrogen and oxygen atoms in total. The summed E-state index contributed by atoms with van der Waals surface area (Å²) < 4.78 is 12.9. The molecule has 138 valence electrons. The summed E-state index contributed by atoms with van der Waals surface area (Å²) in [6.45, 7) is 6.02. The van der Waals surface area contributed by atoms with Crippen LogP contribution in [-0.4, -0.2) is 39.9 Å². The number of carbonyl (C=O) groups is 1. The van der Waals surface area contributed by atoms with E-state index in [1.807, 2.05) is 20.0 Å². The lowest BCUT2D eigenvalue weighted by atomic mass is 10.0. The monoisotopic (exact) mass is 356 g/mol. The molecule has 0 fully saturated rings. The van der Waals surface area contributed by atoms with Gasteiger partial charge in [0.2, 0.25) is 5.91 Å². The number of carbonyl (C=O) groups excluding carboxylic acids is 1. The molecule has 1 aliphatic rings. The Hall–Kier alpha value is -2.34. The fraction of sp³-hybridized carbons (Fsp3) is 0.450. The molecule has 1 N–H and O–H groups in total. The normalized spacial score (nSPS) is 15.3. The van der Waals surface area contributed by atoms with Gasteiger partial charge in [-0.3, -0.25) is 9.69 Å². The highest BCUT2D eigenvalue weighted by Crippen LogP contribution is 2.18. The highest BCUT2D eigenvalue weighted by atomic mass is 19.1. The lowest BCUT2D eigenvalue weighted by Gasteiger charge is -2.32. The van der Waals surface area contributed by atoms with Crippen molar-refractivity contribution >= 4 is 5.91 Å². The Morgan fingerprint density at radius 1 is 1.35 bits per heavy atom. The van der Waals surface area contributed by atoms with Gasteiger partial charge in [-0.05, 0) is 43.0 Å². The highest BCUT2D eigenvalue weighted by molar-refractivity contribution is 5.81. The molecule has 1 atom stereocenters. The third-order valence-corrected chi connectivity index (χ3v) is 4.89. The molecule has 0 saturated heterocycles. The molecule has 1 unspecified atom stereocenters. The minimum atomic E-state index is -0.244. The van der Waals surface area contributed by atoms with E-state index in [9.17, 15) is 9.18 Å². The number of aromatic nitrogens is 2. The first-order valence-corrected chi connectivity index (χ1v) is 9.16. The summed E-state index contributed by atoms with van der Waals surface area (Å²) in [5.74, 6) is 0.620. The van der Waals surface area contributed by atoms with Crippen molar-refractivity contribution in [2.45, 2.75) is 45.7 Å². The molecule has 0 bridgehead atoms. The Morgan fingerprint density at radius 2 is 2.12 bits per heavy atom. The van der Waals surface area contributed by atoms with E-state index in [1.165, 1.54) is 17.7 Å². The summed E-state index contributed by atoms with van der Waals surface area (Å²) in [5, 5.41) is 2.98. The van der Waals surface area contributed by atoms with Gasteiger partial charge in [-0.2, -0.15) is 0 Å². The average Bonchev–Trinajstić information content (AvgIpc) is 2.67. The van der Waals surface area contributed by atoms with Crippen molar-refractivity contribution in [1.29, 1.82) is 0 Å². The van der Waals surface area contributed by atoms with Crippen LogP contribution in [0.5, 0.6) is 0 Å². The summed E-state index contributed by atoms with van der Waals surface area (Å²) in [7, 11) is 0. The predicted octanol–water partition coefficient (Wildman–Crippen LogP) is 2.28. The SMILES string of the molecule is CCc1ncc2c(n1)CN(C(C)C(=O)NCCc1ccc(F)cc1)CC2. The summed E-state index contributed by atoms with van der Waals surface area (Å²) in [6.07, 6.45) is 4.29. The van der Waals surface area contributed by atoms with Gasteiger partial charge in [0, 0.05) is 32.3 Å². The smallest absolute Gasteiger partial charge is 0.237 e. The van der Waals surface area contributed by atoms with Crippen molar-refractivity contribution in [2.24, 2.45) is 0 Å². The van der Waals surface area contributed by atoms with Gasteiger partial charge in [-0.1, -0.05) is 19.1 Å². The van der Waals surface area contributed by atoms with E-state index >= 15 is 0 Å². The molecular weight excluding hydrogens is 331 g/mol. The molecule has 0 spiro atoms. The van der Waals surface area contributed by atoms with Gasteiger partial charge < -0.3 is 5.32 Å². The zero-order valence-electron chi connectivity index (χ0n) is 15.3. The van der Waals surface area contributed by atoms with Crippen molar-refractivity contribution in [1.82, 2.24) is 20.2 Å². The van der Waals surface area contributed by atoms with Crippen LogP contribution in [0.1, 0.15) is 36.5 Å². The van der Waals surface area contributed by atoms with Crippen molar-refractivity contribution in [3.63, 3.8) is 0 Å². The number of rotatable bonds is 6. The van der Waals surface area contributed by atoms with Gasteiger partial charge in [0.1, 0.15) is 11.6 Å². The predicted molar refractivity (Wildman–Crippen MR) is 98.1 cm³/mol. The number of aryl methyl sites for hydroxylation is 1. The summed E-state index contributed by atoms with van der Waals surface area (Å²) in [5.41, 5.74) is 3.23. The van der Waals surface area contributed by atoms with Crippen LogP contribution in [0.4, 0.5) is 4.39 Å². The van der Waals surface area contributed by atoms with Gasteiger partial charge in [-0.25, -0.2) is 14.4 Å². The van der Waals surface area contributed by atoms with Crippen LogP contribution in [0.2, 0.25) is 0 Å². The highest BCUT2D eigenvalue weighted by Gasteiger charge is 2.26. The molecule has 1 aromatic heterocycles. The number of benzene rings is 1. The third kappa shape index (κ3) is 4.43. The first-order valence-electron chi connectivity index (χ1n) is 9.16. The minimum absolute atomic E-state index is 0.0142. The van der Waals surface area contributed by atoms with Crippen molar-refractivity contribution < 1.29 is 9.18 Å². The van der Waals surface area contributed by atoms with Crippen LogP contribution in [0, 0.1) is 5.82 Å².